The standard InChI is InChI=1S/C13H24O4.K.Li/c1-4-5-6-7-8-9-13(10(2)3,11(14)15)12(16)17;;/h10H,4-9H2,1-3H3,(H,14,15)(H,16,17);;/q;2*+1/p-2. The molecule has 0 saturated heterocycles. The molecule has 0 rings (SSSR count). The fraction of sp³-hybridized carbons (Fsp3) is 0.846. The normalized spacial score (nSPS) is 10.5. The van der Waals surface area contributed by atoms with Gasteiger partial charge in [-0.05, 0) is 12.3 Å². The van der Waals surface area contributed by atoms with Gasteiger partial charge in [0.15, 0.2) is 0 Å². The summed E-state index contributed by atoms with van der Waals surface area (Å²) >= 11 is 0. The summed E-state index contributed by atoms with van der Waals surface area (Å²) in [6, 6.07) is 0. The minimum absolute atomic E-state index is 0. The van der Waals surface area contributed by atoms with Crippen molar-refractivity contribution in [1.29, 1.82) is 0 Å². The number of aliphatic carboxylic acids is 2. The summed E-state index contributed by atoms with van der Waals surface area (Å²) in [4.78, 5) is 22.2. The summed E-state index contributed by atoms with van der Waals surface area (Å²) in [6.07, 6.45) is 4.72. The predicted molar refractivity (Wildman–Crippen MR) is 60.7 cm³/mol. The Morgan fingerprint density at radius 2 is 1.42 bits per heavy atom. The smallest absolute Gasteiger partial charge is 0.549 e. The first-order valence-electron chi connectivity index (χ1n) is 6.32. The second-order valence-electron chi connectivity index (χ2n) is 4.87. The van der Waals surface area contributed by atoms with Crippen molar-refractivity contribution in [2.45, 2.75) is 59.3 Å². The van der Waals surface area contributed by atoms with Gasteiger partial charge in [0.05, 0.1) is 17.4 Å². The molecule has 6 heteroatoms. The van der Waals surface area contributed by atoms with Gasteiger partial charge in [0.25, 0.3) is 0 Å². The van der Waals surface area contributed by atoms with E-state index in [2.05, 4.69) is 6.92 Å². The van der Waals surface area contributed by atoms with E-state index in [9.17, 15) is 19.8 Å². The fourth-order valence-corrected chi connectivity index (χ4v) is 2.05. The summed E-state index contributed by atoms with van der Waals surface area (Å²) in [5.41, 5.74) is -1.84. The van der Waals surface area contributed by atoms with E-state index in [1.54, 1.807) is 13.8 Å². The van der Waals surface area contributed by atoms with E-state index in [-0.39, 0.29) is 76.7 Å². The van der Waals surface area contributed by atoms with Crippen LogP contribution in [0.25, 0.3) is 0 Å². The Morgan fingerprint density at radius 3 is 1.74 bits per heavy atom. The SMILES string of the molecule is CCCCCCCC(C(=O)[O-])(C(=O)[O-])C(C)C.[K+].[Li+]. The molecule has 100 valence electrons. The Kier molecular flexibility index (Phi) is 17.0. The maximum absolute atomic E-state index is 11.1. The number of carbonyl (C=O) groups is 2. The zero-order chi connectivity index (χ0) is 13.5. The van der Waals surface area contributed by atoms with Gasteiger partial charge >= 0.3 is 70.2 Å². The van der Waals surface area contributed by atoms with Gasteiger partial charge < -0.3 is 19.8 Å². The number of hydrogen-bond acceptors (Lipinski definition) is 4. The van der Waals surface area contributed by atoms with Crippen LogP contribution in [0.5, 0.6) is 0 Å². The Balaban J connectivity index is -0.00000128. The molecule has 0 heterocycles. The zero-order valence-corrected chi connectivity index (χ0v) is 16.1. The molecule has 0 aliphatic heterocycles. The molecule has 0 aromatic carbocycles. The van der Waals surface area contributed by atoms with Crippen LogP contribution >= 0.6 is 0 Å². The topological polar surface area (TPSA) is 80.3 Å². The molecule has 0 amide bonds. The molecule has 0 radical (unpaired) electrons. The molecule has 0 unspecified atom stereocenters. The van der Waals surface area contributed by atoms with Gasteiger partial charge in [0.2, 0.25) is 0 Å². The van der Waals surface area contributed by atoms with Crippen molar-refractivity contribution in [3.63, 3.8) is 0 Å². The average Bonchev–Trinajstić information content (AvgIpc) is 2.21. The number of carbonyl (C=O) groups excluding carboxylic acids is 2. The van der Waals surface area contributed by atoms with Crippen LogP contribution in [0.4, 0.5) is 0 Å². The third kappa shape index (κ3) is 7.66. The molecule has 0 N–H and O–H groups in total. The van der Waals surface area contributed by atoms with E-state index >= 15 is 0 Å². The largest absolute Gasteiger partial charge is 1.00 e. The monoisotopic (exact) mass is 288 g/mol. The molecule has 0 spiro atoms. The van der Waals surface area contributed by atoms with Crippen LogP contribution in [-0.2, 0) is 9.59 Å². The quantitative estimate of drug-likeness (QED) is 0.241. The second kappa shape index (κ2) is 12.9. The van der Waals surface area contributed by atoms with E-state index in [1.807, 2.05) is 0 Å². The summed E-state index contributed by atoms with van der Waals surface area (Å²) < 4.78 is 0. The first-order chi connectivity index (χ1) is 7.89. The van der Waals surface area contributed by atoms with Crippen molar-refractivity contribution in [2.75, 3.05) is 0 Å². The third-order valence-electron chi connectivity index (χ3n) is 3.39. The van der Waals surface area contributed by atoms with Crippen LogP contribution in [-0.4, -0.2) is 11.9 Å². The van der Waals surface area contributed by atoms with Crippen molar-refractivity contribution in [3.05, 3.63) is 0 Å². The van der Waals surface area contributed by atoms with Gasteiger partial charge in [0.1, 0.15) is 0 Å². The van der Waals surface area contributed by atoms with E-state index < -0.39 is 23.3 Å². The Morgan fingerprint density at radius 1 is 1.00 bits per heavy atom. The van der Waals surface area contributed by atoms with Gasteiger partial charge in [-0.15, -0.1) is 0 Å². The molecule has 0 saturated carbocycles. The molecule has 0 aromatic rings. The Labute approximate surface area is 170 Å². The van der Waals surface area contributed by atoms with E-state index in [0.29, 0.717) is 6.42 Å². The van der Waals surface area contributed by atoms with Crippen LogP contribution in [0.2, 0.25) is 0 Å². The Bertz CT molecular complexity index is 255. The maximum atomic E-state index is 11.1. The van der Waals surface area contributed by atoms with Gasteiger partial charge in [0, 0.05) is 0 Å². The maximum Gasteiger partial charge on any atom is 1.00 e. The van der Waals surface area contributed by atoms with Gasteiger partial charge in [-0.2, -0.15) is 0 Å². The van der Waals surface area contributed by atoms with Crippen LogP contribution < -0.4 is 80.5 Å². The van der Waals surface area contributed by atoms with E-state index in [4.69, 9.17) is 0 Å². The summed E-state index contributed by atoms with van der Waals surface area (Å²) in [7, 11) is 0. The van der Waals surface area contributed by atoms with Crippen LogP contribution in [0.3, 0.4) is 0 Å². The van der Waals surface area contributed by atoms with Crippen LogP contribution in [0, 0.1) is 11.3 Å². The first kappa shape index (κ1) is 25.1. The third-order valence-corrected chi connectivity index (χ3v) is 3.39. The minimum Gasteiger partial charge on any atom is -0.549 e. The summed E-state index contributed by atoms with van der Waals surface area (Å²) in [6.45, 7) is 5.25. The van der Waals surface area contributed by atoms with Crippen LogP contribution in [0.15, 0.2) is 0 Å². The van der Waals surface area contributed by atoms with Crippen molar-refractivity contribution < 1.29 is 90.0 Å². The number of carboxylic acid groups (broad SMARTS) is 2. The van der Waals surface area contributed by atoms with Gasteiger partial charge in [-0.25, -0.2) is 0 Å². The number of hydrogen-bond donors (Lipinski definition) is 0. The molecule has 0 aliphatic carbocycles. The summed E-state index contributed by atoms with van der Waals surface area (Å²) in [5.74, 6) is -3.57. The minimum atomic E-state index is -1.84. The summed E-state index contributed by atoms with van der Waals surface area (Å²) in [5, 5.41) is 22.2. The average molecular weight is 288 g/mol. The predicted octanol–water partition coefficient (Wildman–Crippen LogP) is -5.50. The van der Waals surface area contributed by atoms with Crippen molar-refractivity contribution >= 4 is 11.9 Å². The fourth-order valence-electron chi connectivity index (χ4n) is 2.05. The molecule has 0 atom stereocenters. The first-order valence-corrected chi connectivity index (χ1v) is 6.32. The number of unbranched alkanes of at least 4 members (excludes halogenated alkanes) is 4. The van der Waals surface area contributed by atoms with Gasteiger partial charge in [-0.1, -0.05) is 52.9 Å². The molecular weight excluding hydrogens is 266 g/mol. The molecule has 0 bridgehead atoms. The Hall–Kier alpha value is 1.17. The van der Waals surface area contributed by atoms with Gasteiger partial charge in [-0.3, -0.25) is 0 Å². The van der Waals surface area contributed by atoms with Crippen molar-refractivity contribution in [2.24, 2.45) is 11.3 Å². The molecule has 19 heavy (non-hydrogen) atoms. The number of carboxylic acids is 2. The molecule has 4 nitrogen and oxygen atoms in total. The number of rotatable bonds is 9. The second-order valence-corrected chi connectivity index (χ2v) is 4.87. The van der Waals surface area contributed by atoms with E-state index in [0.717, 1.165) is 25.7 Å². The molecule has 0 fully saturated rings. The van der Waals surface area contributed by atoms with Crippen molar-refractivity contribution in [1.82, 2.24) is 0 Å². The molecule has 0 aromatic heterocycles. The van der Waals surface area contributed by atoms with Crippen LogP contribution in [0.1, 0.15) is 59.3 Å². The zero-order valence-electron chi connectivity index (χ0n) is 13.0. The van der Waals surface area contributed by atoms with E-state index in [1.165, 1.54) is 0 Å². The van der Waals surface area contributed by atoms with Crippen molar-refractivity contribution in [3.8, 4) is 0 Å². The molecule has 0 aliphatic rings. The molecular formula is C13H22KLiO4.